The molecule has 5 nitrogen and oxygen atoms in total. The second kappa shape index (κ2) is 7.88. The molecular formula is C18H23N3O2S. The van der Waals surface area contributed by atoms with Crippen LogP contribution in [0.2, 0.25) is 0 Å². The summed E-state index contributed by atoms with van der Waals surface area (Å²) in [4.78, 5) is 19.8. The third-order valence-corrected chi connectivity index (χ3v) is 5.31. The molecule has 0 radical (unpaired) electrons. The Bertz CT molecular complexity index is 642. The average molecular weight is 345 g/mol. The molecule has 1 atom stereocenters. The van der Waals surface area contributed by atoms with Crippen molar-refractivity contribution in [3.05, 3.63) is 52.5 Å². The Hall–Kier alpha value is -1.76. The Balaban J connectivity index is 1.55. The number of nitrogens with zero attached hydrogens (tertiary/aromatic N) is 2. The maximum atomic E-state index is 12.4. The molecule has 0 unspecified atom stereocenters. The van der Waals surface area contributed by atoms with Gasteiger partial charge in [0, 0.05) is 17.6 Å². The van der Waals surface area contributed by atoms with Crippen LogP contribution in [0.1, 0.15) is 29.5 Å². The number of aliphatic hydroxyl groups excluding tert-OH is 1. The van der Waals surface area contributed by atoms with Crippen LogP contribution in [-0.4, -0.2) is 40.6 Å². The molecule has 2 N–H and O–H groups in total. The van der Waals surface area contributed by atoms with E-state index in [1.807, 2.05) is 41.6 Å². The van der Waals surface area contributed by atoms with Gasteiger partial charge in [-0.15, -0.1) is 11.3 Å². The molecular weight excluding hydrogens is 322 g/mol. The van der Waals surface area contributed by atoms with E-state index in [1.165, 1.54) is 0 Å². The molecule has 2 aromatic rings. The number of pyridine rings is 1. The van der Waals surface area contributed by atoms with Gasteiger partial charge in [0.1, 0.15) is 0 Å². The number of amides is 1. The van der Waals surface area contributed by atoms with Crippen molar-refractivity contribution < 1.29 is 9.90 Å². The Morgan fingerprint density at radius 1 is 1.42 bits per heavy atom. The van der Waals surface area contributed by atoms with E-state index in [4.69, 9.17) is 0 Å². The highest BCUT2D eigenvalue weighted by molar-refractivity contribution is 7.10. The van der Waals surface area contributed by atoms with Crippen molar-refractivity contribution in [1.29, 1.82) is 0 Å². The maximum absolute atomic E-state index is 12.4. The van der Waals surface area contributed by atoms with Gasteiger partial charge < -0.3 is 10.4 Å². The van der Waals surface area contributed by atoms with Crippen LogP contribution in [0.5, 0.6) is 0 Å². The summed E-state index contributed by atoms with van der Waals surface area (Å²) >= 11 is 1.65. The van der Waals surface area contributed by atoms with Gasteiger partial charge in [-0.25, -0.2) is 0 Å². The standard InChI is InChI=1S/C18H23N3O2S/c1-21(11-14-5-2-3-7-19-14)12-17(23)20-18(13-9-15(22)10-13)16-6-4-8-24-16/h2-8,13,15,18,22H,9-12H2,1H3,(H,20,23)/t13?,15?,18-/m1/s1. The highest BCUT2D eigenvalue weighted by Crippen LogP contribution is 2.39. The number of aromatic nitrogens is 1. The van der Waals surface area contributed by atoms with E-state index in [1.54, 1.807) is 17.5 Å². The molecule has 0 bridgehead atoms. The molecule has 0 spiro atoms. The van der Waals surface area contributed by atoms with E-state index in [9.17, 15) is 9.90 Å². The molecule has 0 aliphatic heterocycles. The number of rotatable bonds is 7. The van der Waals surface area contributed by atoms with Gasteiger partial charge in [0.15, 0.2) is 0 Å². The third-order valence-electron chi connectivity index (χ3n) is 4.36. The van der Waals surface area contributed by atoms with Crippen molar-refractivity contribution in [2.24, 2.45) is 5.92 Å². The summed E-state index contributed by atoms with van der Waals surface area (Å²) in [6.07, 6.45) is 3.05. The molecule has 6 heteroatoms. The van der Waals surface area contributed by atoms with E-state index in [0.717, 1.165) is 23.4 Å². The first kappa shape index (κ1) is 17.1. The van der Waals surface area contributed by atoms with Crippen LogP contribution in [0.3, 0.4) is 0 Å². The van der Waals surface area contributed by atoms with Crippen LogP contribution < -0.4 is 5.32 Å². The molecule has 1 saturated carbocycles. The van der Waals surface area contributed by atoms with Crippen molar-refractivity contribution >= 4 is 17.2 Å². The minimum atomic E-state index is -0.221. The number of hydrogen-bond acceptors (Lipinski definition) is 5. The van der Waals surface area contributed by atoms with Crippen LogP contribution in [0.25, 0.3) is 0 Å². The summed E-state index contributed by atoms with van der Waals surface area (Å²) in [5, 5.41) is 14.8. The summed E-state index contributed by atoms with van der Waals surface area (Å²) in [5.74, 6) is 0.330. The molecule has 0 saturated heterocycles. The predicted molar refractivity (Wildman–Crippen MR) is 94.5 cm³/mol. The lowest BCUT2D eigenvalue weighted by molar-refractivity contribution is -0.124. The molecule has 1 fully saturated rings. The molecule has 1 amide bonds. The number of nitrogens with one attached hydrogen (secondary N) is 1. The topological polar surface area (TPSA) is 65.5 Å². The molecule has 2 heterocycles. The fraction of sp³-hybridized carbons (Fsp3) is 0.444. The van der Waals surface area contributed by atoms with E-state index < -0.39 is 0 Å². The summed E-state index contributed by atoms with van der Waals surface area (Å²) in [6, 6.07) is 9.85. The number of carbonyl (C=O) groups is 1. The molecule has 24 heavy (non-hydrogen) atoms. The zero-order valence-corrected chi connectivity index (χ0v) is 14.6. The second-order valence-corrected chi connectivity index (χ2v) is 7.42. The number of hydrogen-bond donors (Lipinski definition) is 2. The minimum Gasteiger partial charge on any atom is -0.393 e. The zero-order chi connectivity index (χ0) is 16.9. The van der Waals surface area contributed by atoms with Crippen LogP contribution in [0.15, 0.2) is 41.9 Å². The second-order valence-electron chi connectivity index (χ2n) is 6.44. The molecule has 0 aromatic carbocycles. The first-order valence-corrected chi connectivity index (χ1v) is 9.09. The lowest BCUT2D eigenvalue weighted by Gasteiger charge is -2.37. The van der Waals surface area contributed by atoms with Crippen LogP contribution in [-0.2, 0) is 11.3 Å². The van der Waals surface area contributed by atoms with Gasteiger partial charge in [0.25, 0.3) is 0 Å². The van der Waals surface area contributed by atoms with Crippen LogP contribution in [0, 0.1) is 5.92 Å². The normalized spacial score (nSPS) is 21.3. The van der Waals surface area contributed by atoms with E-state index >= 15 is 0 Å². The first-order valence-electron chi connectivity index (χ1n) is 8.21. The highest BCUT2D eigenvalue weighted by atomic mass is 32.1. The van der Waals surface area contributed by atoms with Crippen molar-refractivity contribution in [2.75, 3.05) is 13.6 Å². The monoisotopic (exact) mass is 345 g/mol. The van der Waals surface area contributed by atoms with Crippen molar-refractivity contribution in [3.63, 3.8) is 0 Å². The average Bonchev–Trinajstić information content (AvgIpc) is 3.05. The van der Waals surface area contributed by atoms with Crippen LogP contribution in [0.4, 0.5) is 0 Å². The quantitative estimate of drug-likeness (QED) is 0.807. The van der Waals surface area contributed by atoms with Gasteiger partial charge in [-0.1, -0.05) is 12.1 Å². The van der Waals surface area contributed by atoms with E-state index in [0.29, 0.717) is 19.0 Å². The molecule has 2 aromatic heterocycles. The fourth-order valence-corrected chi connectivity index (χ4v) is 3.95. The Kier molecular flexibility index (Phi) is 5.60. The highest BCUT2D eigenvalue weighted by Gasteiger charge is 2.36. The summed E-state index contributed by atoms with van der Waals surface area (Å²) in [6.45, 7) is 0.966. The van der Waals surface area contributed by atoms with Gasteiger partial charge in [-0.2, -0.15) is 0 Å². The van der Waals surface area contributed by atoms with E-state index in [2.05, 4.69) is 16.4 Å². The van der Waals surface area contributed by atoms with Crippen molar-refractivity contribution in [3.8, 4) is 0 Å². The lowest BCUT2D eigenvalue weighted by atomic mass is 9.77. The van der Waals surface area contributed by atoms with Crippen molar-refractivity contribution in [2.45, 2.75) is 31.5 Å². The first-order chi connectivity index (χ1) is 11.6. The Morgan fingerprint density at radius 2 is 2.25 bits per heavy atom. The van der Waals surface area contributed by atoms with Crippen molar-refractivity contribution in [1.82, 2.24) is 15.2 Å². The Labute approximate surface area is 146 Å². The maximum Gasteiger partial charge on any atom is 0.234 e. The number of likely N-dealkylation sites (N-methyl/N-ethyl adjacent to an activating group) is 1. The molecule has 1 aliphatic carbocycles. The number of aliphatic hydroxyl groups is 1. The minimum absolute atomic E-state index is 0.00384. The SMILES string of the molecule is CN(CC(=O)N[C@@H](c1cccs1)C1CC(O)C1)Cc1ccccn1. The van der Waals surface area contributed by atoms with Gasteiger partial charge in [-0.05, 0) is 49.4 Å². The van der Waals surface area contributed by atoms with Crippen LogP contribution >= 0.6 is 11.3 Å². The lowest BCUT2D eigenvalue weighted by Crippen LogP contribution is -2.43. The van der Waals surface area contributed by atoms with Gasteiger partial charge in [0.2, 0.25) is 5.91 Å². The number of thiophene rings is 1. The summed E-state index contributed by atoms with van der Waals surface area (Å²) in [5.41, 5.74) is 0.949. The summed E-state index contributed by atoms with van der Waals surface area (Å²) < 4.78 is 0. The van der Waals surface area contributed by atoms with E-state index in [-0.39, 0.29) is 18.1 Å². The largest absolute Gasteiger partial charge is 0.393 e. The zero-order valence-electron chi connectivity index (χ0n) is 13.8. The molecule has 1 aliphatic rings. The van der Waals surface area contributed by atoms with Gasteiger partial charge >= 0.3 is 0 Å². The molecule has 3 rings (SSSR count). The summed E-state index contributed by atoms with van der Waals surface area (Å²) in [7, 11) is 1.92. The number of carbonyl (C=O) groups excluding carboxylic acids is 1. The van der Waals surface area contributed by atoms with Gasteiger partial charge in [0.05, 0.1) is 24.4 Å². The Morgan fingerprint density at radius 3 is 2.88 bits per heavy atom. The predicted octanol–water partition coefficient (Wildman–Crippen LogP) is 2.20. The molecule has 128 valence electrons. The third kappa shape index (κ3) is 4.41. The fourth-order valence-electron chi connectivity index (χ4n) is 3.08. The van der Waals surface area contributed by atoms with Gasteiger partial charge in [-0.3, -0.25) is 14.7 Å². The smallest absolute Gasteiger partial charge is 0.234 e.